The molecular formula is C12H19N3O4. The highest BCUT2D eigenvalue weighted by Gasteiger charge is 2.25. The van der Waals surface area contributed by atoms with Crippen molar-refractivity contribution < 1.29 is 19.4 Å². The molecule has 1 unspecified atom stereocenters. The number of carboxylic acid groups (broad SMARTS) is 1. The minimum atomic E-state index is -1.12. The van der Waals surface area contributed by atoms with Crippen LogP contribution in [0.1, 0.15) is 49.9 Å². The van der Waals surface area contributed by atoms with Crippen LogP contribution in [0.25, 0.3) is 0 Å². The molecule has 19 heavy (non-hydrogen) atoms. The van der Waals surface area contributed by atoms with E-state index in [4.69, 9.17) is 9.84 Å². The summed E-state index contributed by atoms with van der Waals surface area (Å²) in [6.07, 6.45) is -0.480. The average molecular weight is 269 g/mol. The number of nitrogens with one attached hydrogen (secondary N) is 1. The van der Waals surface area contributed by atoms with E-state index in [-0.39, 0.29) is 11.7 Å². The minimum Gasteiger partial charge on any atom is -0.476 e. The molecule has 0 aliphatic heterocycles. The van der Waals surface area contributed by atoms with E-state index in [1.54, 1.807) is 34.7 Å². The van der Waals surface area contributed by atoms with Gasteiger partial charge in [0.15, 0.2) is 5.69 Å². The lowest BCUT2D eigenvalue weighted by Gasteiger charge is -2.28. The number of aromatic amines is 1. The Hall–Kier alpha value is -2.05. The molecule has 0 aliphatic carbocycles. The maximum absolute atomic E-state index is 11.9. The molecule has 1 heterocycles. The highest BCUT2D eigenvalue weighted by atomic mass is 16.6. The molecule has 0 aliphatic rings. The molecule has 7 heteroatoms. The van der Waals surface area contributed by atoms with Crippen molar-refractivity contribution in [2.45, 2.75) is 39.3 Å². The first-order chi connectivity index (χ1) is 8.61. The van der Waals surface area contributed by atoms with Crippen molar-refractivity contribution in [1.82, 2.24) is 15.1 Å². The zero-order chi connectivity index (χ0) is 14.8. The van der Waals surface area contributed by atoms with Gasteiger partial charge < -0.3 is 14.7 Å². The van der Waals surface area contributed by atoms with E-state index in [0.29, 0.717) is 5.69 Å². The summed E-state index contributed by atoms with van der Waals surface area (Å²) in [7, 11) is 1.58. The van der Waals surface area contributed by atoms with E-state index in [9.17, 15) is 9.59 Å². The Balaban J connectivity index is 2.78. The molecule has 0 saturated heterocycles. The normalized spacial score (nSPS) is 12.9. The number of aromatic nitrogens is 2. The Morgan fingerprint density at radius 1 is 1.47 bits per heavy atom. The highest BCUT2D eigenvalue weighted by Crippen LogP contribution is 2.20. The molecule has 0 spiro atoms. The predicted molar refractivity (Wildman–Crippen MR) is 68.0 cm³/mol. The van der Waals surface area contributed by atoms with Crippen molar-refractivity contribution >= 4 is 12.1 Å². The van der Waals surface area contributed by atoms with E-state index in [1.165, 1.54) is 11.0 Å². The Morgan fingerprint density at radius 2 is 2.05 bits per heavy atom. The summed E-state index contributed by atoms with van der Waals surface area (Å²) in [4.78, 5) is 24.0. The lowest BCUT2D eigenvalue weighted by molar-refractivity contribution is 0.0230. The molecule has 2 N–H and O–H groups in total. The lowest BCUT2D eigenvalue weighted by Crippen LogP contribution is -2.35. The molecule has 0 bridgehead atoms. The van der Waals surface area contributed by atoms with E-state index >= 15 is 0 Å². The first-order valence-corrected chi connectivity index (χ1v) is 5.86. The third-order valence-corrected chi connectivity index (χ3v) is 2.53. The topological polar surface area (TPSA) is 95.5 Å². The van der Waals surface area contributed by atoms with Crippen LogP contribution in [0.2, 0.25) is 0 Å². The molecule has 0 aromatic carbocycles. The van der Waals surface area contributed by atoms with Gasteiger partial charge in [-0.1, -0.05) is 0 Å². The predicted octanol–water partition coefficient (Wildman–Crippen LogP) is 2.04. The lowest BCUT2D eigenvalue weighted by atomic mass is 10.2. The third kappa shape index (κ3) is 3.97. The fraction of sp³-hybridized carbons (Fsp3) is 0.583. The van der Waals surface area contributed by atoms with Gasteiger partial charge in [0.25, 0.3) is 0 Å². The molecule has 1 aromatic rings. The highest BCUT2D eigenvalue weighted by molar-refractivity contribution is 5.85. The van der Waals surface area contributed by atoms with Crippen LogP contribution in [0.4, 0.5) is 4.79 Å². The molecule has 1 rings (SSSR count). The zero-order valence-corrected chi connectivity index (χ0v) is 11.7. The number of nitrogens with zero attached hydrogens (tertiary/aromatic N) is 2. The van der Waals surface area contributed by atoms with E-state index < -0.39 is 17.7 Å². The first kappa shape index (κ1) is 15.0. The van der Waals surface area contributed by atoms with Gasteiger partial charge in [-0.3, -0.25) is 5.10 Å². The summed E-state index contributed by atoms with van der Waals surface area (Å²) in [5.41, 5.74) is -0.129. The van der Waals surface area contributed by atoms with Gasteiger partial charge in [-0.15, -0.1) is 0 Å². The first-order valence-electron chi connectivity index (χ1n) is 5.86. The van der Waals surface area contributed by atoms with Crippen molar-refractivity contribution in [3.63, 3.8) is 0 Å². The Bertz CT molecular complexity index is 476. The molecule has 1 amide bonds. The SMILES string of the molecule is CC(c1cc(C(=O)O)n[nH]1)N(C)C(=O)OC(C)(C)C. The number of aromatic carboxylic acids is 1. The average Bonchev–Trinajstić information content (AvgIpc) is 2.73. The number of amides is 1. The Kier molecular flexibility index (Phi) is 4.18. The largest absolute Gasteiger partial charge is 0.476 e. The van der Waals surface area contributed by atoms with Crippen molar-refractivity contribution in [1.29, 1.82) is 0 Å². The molecular weight excluding hydrogens is 250 g/mol. The maximum Gasteiger partial charge on any atom is 0.410 e. The smallest absolute Gasteiger partial charge is 0.410 e. The summed E-state index contributed by atoms with van der Waals surface area (Å²) in [6.45, 7) is 7.09. The van der Waals surface area contributed by atoms with Gasteiger partial charge in [0.1, 0.15) is 5.60 Å². The second-order valence-corrected chi connectivity index (χ2v) is 5.28. The number of carboxylic acids is 1. The van der Waals surface area contributed by atoms with Crippen molar-refractivity contribution in [2.24, 2.45) is 0 Å². The number of carbonyl (C=O) groups is 2. The second-order valence-electron chi connectivity index (χ2n) is 5.28. The molecule has 1 aromatic heterocycles. The van der Waals surface area contributed by atoms with Crippen LogP contribution in [0.3, 0.4) is 0 Å². The van der Waals surface area contributed by atoms with E-state index in [2.05, 4.69) is 10.2 Å². The summed E-state index contributed by atoms with van der Waals surface area (Å²) in [5.74, 6) is -1.12. The van der Waals surface area contributed by atoms with Crippen molar-refractivity contribution in [2.75, 3.05) is 7.05 Å². The molecule has 0 fully saturated rings. The number of hydrogen-bond donors (Lipinski definition) is 2. The van der Waals surface area contributed by atoms with E-state index in [0.717, 1.165) is 0 Å². The van der Waals surface area contributed by atoms with Crippen molar-refractivity contribution in [3.05, 3.63) is 17.5 Å². The number of ether oxygens (including phenoxy) is 1. The van der Waals surface area contributed by atoms with Crippen LogP contribution in [-0.2, 0) is 4.74 Å². The maximum atomic E-state index is 11.9. The summed E-state index contributed by atoms with van der Waals surface area (Å²) < 4.78 is 5.23. The zero-order valence-electron chi connectivity index (χ0n) is 11.7. The van der Waals surface area contributed by atoms with Gasteiger partial charge in [0, 0.05) is 7.05 Å². The van der Waals surface area contributed by atoms with E-state index in [1.807, 2.05) is 0 Å². The molecule has 0 radical (unpaired) electrons. The van der Waals surface area contributed by atoms with Gasteiger partial charge in [-0.25, -0.2) is 9.59 Å². The summed E-state index contributed by atoms with van der Waals surface area (Å²) in [6, 6.07) is 1.03. The minimum absolute atomic E-state index is 0.0839. The van der Waals surface area contributed by atoms with Crippen LogP contribution >= 0.6 is 0 Å². The van der Waals surface area contributed by atoms with Crippen LogP contribution in [0.15, 0.2) is 6.07 Å². The quantitative estimate of drug-likeness (QED) is 0.875. The third-order valence-electron chi connectivity index (χ3n) is 2.53. The summed E-state index contributed by atoms with van der Waals surface area (Å²) >= 11 is 0. The monoisotopic (exact) mass is 269 g/mol. The van der Waals surface area contributed by atoms with Crippen LogP contribution in [-0.4, -0.2) is 44.9 Å². The number of rotatable bonds is 3. The fourth-order valence-electron chi connectivity index (χ4n) is 1.36. The number of H-pyrrole nitrogens is 1. The van der Waals surface area contributed by atoms with Gasteiger partial charge >= 0.3 is 12.1 Å². The Morgan fingerprint density at radius 3 is 2.47 bits per heavy atom. The standard InChI is InChI=1S/C12H19N3O4/c1-7(8-6-9(10(16)17)14-13-8)15(5)11(18)19-12(2,3)4/h6-7H,1-5H3,(H,13,14)(H,16,17). The van der Waals surface area contributed by atoms with Gasteiger partial charge in [-0.2, -0.15) is 5.10 Å². The summed E-state index contributed by atoms with van der Waals surface area (Å²) in [5, 5.41) is 15.0. The van der Waals surface area contributed by atoms with Crippen molar-refractivity contribution in [3.8, 4) is 0 Å². The molecule has 0 saturated carbocycles. The molecule has 1 atom stereocenters. The molecule has 7 nitrogen and oxygen atoms in total. The van der Waals surface area contributed by atoms with Crippen LogP contribution < -0.4 is 0 Å². The Labute approximate surface area is 111 Å². The molecule has 106 valence electrons. The van der Waals surface area contributed by atoms with Gasteiger partial charge in [0.05, 0.1) is 11.7 Å². The van der Waals surface area contributed by atoms with Crippen LogP contribution in [0.5, 0.6) is 0 Å². The van der Waals surface area contributed by atoms with Gasteiger partial charge in [0.2, 0.25) is 0 Å². The fourth-order valence-corrected chi connectivity index (χ4v) is 1.36. The number of carbonyl (C=O) groups excluding carboxylic acids is 1. The van der Waals surface area contributed by atoms with Crippen LogP contribution in [0, 0.1) is 0 Å². The second kappa shape index (κ2) is 5.29. The van der Waals surface area contributed by atoms with Gasteiger partial charge in [-0.05, 0) is 33.8 Å². The number of hydrogen-bond acceptors (Lipinski definition) is 4.